The smallest absolute Gasteiger partial charge is 0.100 e. The molecule has 1 heterocycles. The van der Waals surface area contributed by atoms with Crippen molar-refractivity contribution in [2.75, 3.05) is 5.32 Å². The highest BCUT2D eigenvalue weighted by molar-refractivity contribution is 9.10. The summed E-state index contributed by atoms with van der Waals surface area (Å²) in [7, 11) is 0. The van der Waals surface area contributed by atoms with Gasteiger partial charge in [0.05, 0.1) is 16.3 Å². The van der Waals surface area contributed by atoms with Gasteiger partial charge in [-0.2, -0.15) is 5.26 Å². The number of benzene rings is 1. The van der Waals surface area contributed by atoms with Gasteiger partial charge in [0.2, 0.25) is 0 Å². The van der Waals surface area contributed by atoms with Gasteiger partial charge in [0.1, 0.15) is 6.07 Å². The van der Waals surface area contributed by atoms with Crippen LogP contribution in [0, 0.1) is 11.3 Å². The lowest BCUT2D eigenvalue weighted by atomic mass is 10.3. The number of thiophene rings is 1. The lowest BCUT2D eigenvalue weighted by molar-refractivity contribution is 1.19. The van der Waals surface area contributed by atoms with Gasteiger partial charge < -0.3 is 5.32 Å². The molecule has 0 amide bonds. The van der Waals surface area contributed by atoms with Crippen molar-refractivity contribution in [1.29, 1.82) is 5.26 Å². The molecule has 0 aliphatic heterocycles. The number of hydrogen-bond acceptors (Lipinski definition) is 3. The van der Waals surface area contributed by atoms with Gasteiger partial charge in [-0.3, -0.25) is 0 Å². The van der Waals surface area contributed by atoms with Crippen LogP contribution in [0.15, 0.2) is 34.1 Å². The predicted molar refractivity (Wildman–Crippen MR) is 75.5 cm³/mol. The number of anilines is 1. The van der Waals surface area contributed by atoms with Crippen LogP contribution < -0.4 is 5.32 Å². The predicted octanol–water partition coefficient (Wildman–Crippen LogP) is 4.65. The Morgan fingerprint density at radius 1 is 1.41 bits per heavy atom. The highest BCUT2D eigenvalue weighted by atomic mass is 79.9. The summed E-state index contributed by atoms with van der Waals surface area (Å²) >= 11 is 11.0. The van der Waals surface area contributed by atoms with E-state index >= 15 is 0 Å². The molecule has 0 radical (unpaired) electrons. The fraction of sp³-hybridized carbons (Fsp3) is 0.0833. The molecule has 5 heteroatoms. The Hall–Kier alpha value is -1.02. The minimum absolute atomic E-state index is 0.674. The van der Waals surface area contributed by atoms with Crippen LogP contribution in [-0.2, 0) is 6.54 Å². The maximum absolute atomic E-state index is 8.72. The number of nitriles is 1. The molecule has 0 aliphatic rings. The quantitative estimate of drug-likeness (QED) is 0.891. The Labute approximate surface area is 117 Å². The monoisotopic (exact) mass is 326 g/mol. The second-order valence-electron chi connectivity index (χ2n) is 3.39. The fourth-order valence-corrected chi connectivity index (χ4v) is 2.84. The third kappa shape index (κ3) is 3.22. The van der Waals surface area contributed by atoms with Gasteiger partial charge in [0.25, 0.3) is 0 Å². The van der Waals surface area contributed by atoms with E-state index in [4.69, 9.17) is 16.9 Å². The zero-order valence-corrected chi connectivity index (χ0v) is 11.9. The standard InChI is InChI=1S/C12H8BrClN2S/c13-9-1-2-12(11(14)4-9)16-6-10-3-8(5-15)7-17-10/h1-4,7,16H,6H2. The lowest BCUT2D eigenvalue weighted by Gasteiger charge is -2.07. The fourth-order valence-electron chi connectivity index (χ4n) is 1.35. The zero-order valence-electron chi connectivity index (χ0n) is 8.71. The molecule has 0 unspecified atom stereocenters. The van der Waals surface area contributed by atoms with Gasteiger partial charge >= 0.3 is 0 Å². The Morgan fingerprint density at radius 3 is 2.88 bits per heavy atom. The van der Waals surface area contributed by atoms with Crippen LogP contribution in [0.4, 0.5) is 5.69 Å². The second-order valence-corrected chi connectivity index (χ2v) is 5.71. The molecule has 86 valence electrons. The Morgan fingerprint density at radius 2 is 2.24 bits per heavy atom. The van der Waals surface area contributed by atoms with Crippen LogP contribution in [0.25, 0.3) is 0 Å². The van der Waals surface area contributed by atoms with Crippen molar-refractivity contribution >= 4 is 44.6 Å². The molecule has 17 heavy (non-hydrogen) atoms. The van der Waals surface area contributed by atoms with Crippen LogP contribution >= 0.6 is 38.9 Å². The van der Waals surface area contributed by atoms with Gasteiger partial charge in [0.15, 0.2) is 0 Å². The van der Waals surface area contributed by atoms with E-state index in [9.17, 15) is 0 Å². The van der Waals surface area contributed by atoms with E-state index in [-0.39, 0.29) is 0 Å². The van der Waals surface area contributed by atoms with Crippen molar-refractivity contribution in [3.63, 3.8) is 0 Å². The molecule has 0 saturated heterocycles. The molecular formula is C12H8BrClN2S. The average Bonchev–Trinajstić information content (AvgIpc) is 2.76. The maximum atomic E-state index is 8.72. The highest BCUT2D eigenvalue weighted by Crippen LogP contribution is 2.26. The van der Waals surface area contributed by atoms with Crippen molar-refractivity contribution in [3.05, 3.63) is 49.6 Å². The summed E-state index contributed by atoms with van der Waals surface area (Å²) in [5, 5.41) is 14.5. The summed E-state index contributed by atoms with van der Waals surface area (Å²) in [6, 6.07) is 9.70. The first-order chi connectivity index (χ1) is 8.19. The first-order valence-corrected chi connectivity index (χ1v) is 6.90. The maximum Gasteiger partial charge on any atom is 0.100 e. The minimum Gasteiger partial charge on any atom is -0.379 e. The number of halogens is 2. The minimum atomic E-state index is 0.674. The molecule has 2 nitrogen and oxygen atoms in total. The third-order valence-corrected chi connectivity index (χ3v) is 3.91. The topological polar surface area (TPSA) is 35.8 Å². The number of hydrogen-bond donors (Lipinski definition) is 1. The van der Waals surface area contributed by atoms with Gasteiger partial charge in [-0.25, -0.2) is 0 Å². The first-order valence-electron chi connectivity index (χ1n) is 4.85. The molecule has 1 aromatic carbocycles. The molecule has 0 fully saturated rings. The van der Waals surface area contributed by atoms with E-state index in [1.54, 1.807) is 11.3 Å². The van der Waals surface area contributed by atoms with Crippen molar-refractivity contribution in [2.45, 2.75) is 6.54 Å². The van der Waals surface area contributed by atoms with Crippen molar-refractivity contribution in [3.8, 4) is 6.07 Å². The van der Waals surface area contributed by atoms with E-state index in [0.717, 1.165) is 15.0 Å². The van der Waals surface area contributed by atoms with E-state index in [1.165, 1.54) is 0 Å². The number of nitrogens with one attached hydrogen (secondary N) is 1. The van der Waals surface area contributed by atoms with E-state index < -0.39 is 0 Å². The highest BCUT2D eigenvalue weighted by Gasteiger charge is 2.02. The van der Waals surface area contributed by atoms with Gasteiger partial charge in [-0.05, 0) is 24.3 Å². The van der Waals surface area contributed by atoms with Crippen LogP contribution in [0.1, 0.15) is 10.4 Å². The van der Waals surface area contributed by atoms with E-state index in [0.29, 0.717) is 17.1 Å². The summed E-state index contributed by atoms with van der Waals surface area (Å²) in [6.07, 6.45) is 0. The van der Waals surface area contributed by atoms with Gasteiger partial charge in [-0.15, -0.1) is 11.3 Å². The molecule has 0 aliphatic carbocycles. The van der Waals surface area contributed by atoms with Gasteiger partial charge in [-0.1, -0.05) is 27.5 Å². The van der Waals surface area contributed by atoms with Crippen LogP contribution in [-0.4, -0.2) is 0 Å². The normalized spacial score (nSPS) is 9.94. The molecule has 2 rings (SSSR count). The van der Waals surface area contributed by atoms with E-state index in [2.05, 4.69) is 27.3 Å². The summed E-state index contributed by atoms with van der Waals surface area (Å²) in [5.41, 5.74) is 1.59. The average molecular weight is 328 g/mol. The number of nitrogens with zero attached hydrogens (tertiary/aromatic N) is 1. The Kier molecular flexibility index (Phi) is 4.06. The third-order valence-electron chi connectivity index (χ3n) is 2.17. The molecule has 0 atom stereocenters. The molecule has 0 spiro atoms. The van der Waals surface area contributed by atoms with Crippen LogP contribution in [0.5, 0.6) is 0 Å². The summed E-state index contributed by atoms with van der Waals surface area (Å²) in [4.78, 5) is 1.11. The van der Waals surface area contributed by atoms with Crippen molar-refractivity contribution < 1.29 is 0 Å². The van der Waals surface area contributed by atoms with E-state index in [1.807, 2.05) is 29.6 Å². The Balaban J connectivity index is 2.05. The summed E-state index contributed by atoms with van der Waals surface area (Å²) in [6.45, 7) is 0.674. The Bertz CT molecular complexity index is 574. The molecular weight excluding hydrogens is 320 g/mol. The van der Waals surface area contributed by atoms with Crippen molar-refractivity contribution in [1.82, 2.24) is 0 Å². The lowest BCUT2D eigenvalue weighted by Crippen LogP contribution is -1.97. The van der Waals surface area contributed by atoms with Gasteiger partial charge in [0, 0.05) is 21.3 Å². The molecule has 0 bridgehead atoms. The molecule has 2 aromatic rings. The molecule has 1 N–H and O–H groups in total. The first kappa shape index (κ1) is 12.4. The largest absolute Gasteiger partial charge is 0.379 e. The van der Waals surface area contributed by atoms with Crippen LogP contribution in [0.2, 0.25) is 5.02 Å². The second kappa shape index (κ2) is 5.54. The van der Waals surface area contributed by atoms with Crippen molar-refractivity contribution in [2.24, 2.45) is 0 Å². The summed E-state index contributed by atoms with van der Waals surface area (Å²) < 4.78 is 0.955. The zero-order chi connectivity index (χ0) is 12.3. The molecule has 1 aromatic heterocycles. The van der Waals surface area contributed by atoms with Crippen LogP contribution in [0.3, 0.4) is 0 Å². The number of rotatable bonds is 3. The SMILES string of the molecule is N#Cc1csc(CNc2ccc(Br)cc2Cl)c1. The molecule has 0 saturated carbocycles. The summed E-state index contributed by atoms with van der Waals surface area (Å²) in [5.74, 6) is 0.